The minimum atomic E-state index is 0.308. The molecule has 2 aromatic rings. The molecule has 2 heterocycles. The third-order valence-electron chi connectivity index (χ3n) is 2.74. The van der Waals surface area contributed by atoms with Crippen molar-refractivity contribution in [3.8, 4) is 0 Å². The molecule has 0 N–H and O–H groups in total. The number of hydrogen-bond acceptors (Lipinski definition) is 3. The number of thiophene rings is 1. The molecular formula is C12H12ClNOS. The van der Waals surface area contributed by atoms with Crippen molar-refractivity contribution in [2.45, 2.75) is 12.7 Å². The number of rotatable bonds is 3. The zero-order valence-corrected chi connectivity index (χ0v) is 10.3. The van der Waals surface area contributed by atoms with E-state index in [2.05, 4.69) is 30.3 Å². The molecule has 1 fully saturated rings. The van der Waals surface area contributed by atoms with Gasteiger partial charge in [0.05, 0.1) is 12.7 Å². The van der Waals surface area contributed by atoms with Gasteiger partial charge in [-0.15, -0.1) is 11.3 Å². The van der Waals surface area contributed by atoms with Gasteiger partial charge in [0.15, 0.2) is 0 Å². The predicted octanol–water partition coefficient (Wildman–Crippen LogP) is 3.26. The summed E-state index contributed by atoms with van der Waals surface area (Å²) in [4.78, 5) is 1.29. The summed E-state index contributed by atoms with van der Waals surface area (Å²) in [5, 5.41) is 1.30. The Hall–Kier alpha value is -0.610. The minimum absolute atomic E-state index is 0.308. The quantitative estimate of drug-likeness (QED) is 0.779. The minimum Gasteiger partial charge on any atom is -0.370 e. The maximum Gasteiger partial charge on any atom is 0.0860 e. The molecule has 84 valence electrons. The number of benzene rings is 1. The van der Waals surface area contributed by atoms with E-state index in [0.29, 0.717) is 12.7 Å². The van der Waals surface area contributed by atoms with E-state index in [1.807, 2.05) is 0 Å². The van der Waals surface area contributed by atoms with Crippen LogP contribution in [-0.2, 0) is 11.3 Å². The van der Waals surface area contributed by atoms with Crippen LogP contribution >= 0.6 is 23.1 Å². The van der Waals surface area contributed by atoms with Crippen molar-refractivity contribution in [3.63, 3.8) is 0 Å². The molecule has 0 unspecified atom stereocenters. The largest absolute Gasteiger partial charge is 0.370 e. The zero-order valence-electron chi connectivity index (χ0n) is 8.73. The van der Waals surface area contributed by atoms with E-state index in [4.69, 9.17) is 16.5 Å². The third-order valence-corrected chi connectivity index (χ3v) is 4.11. The van der Waals surface area contributed by atoms with E-state index in [1.165, 1.54) is 15.0 Å². The molecule has 2 nitrogen and oxygen atoms in total. The highest BCUT2D eigenvalue weighted by atomic mass is 35.5. The summed E-state index contributed by atoms with van der Waals surface area (Å²) in [6.07, 6.45) is 0.308. The lowest BCUT2D eigenvalue weighted by Crippen LogP contribution is -2.46. The van der Waals surface area contributed by atoms with Crippen LogP contribution in [0.1, 0.15) is 4.88 Å². The monoisotopic (exact) mass is 253 g/mol. The van der Waals surface area contributed by atoms with Gasteiger partial charge in [0.2, 0.25) is 0 Å². The highest BCUT2D eigenvalue weighted by Crippen LogP contribution is 2.26. The first-order valence-electron chi connectivity index (χ1n) is 5.31. The summed E-state index contributed by atoms with van der Waals surface area (Å²) < 4.78 is 8.82. The molecule has 3 rings (SSSR count). The van der Waals surface area contributed by atoms with Crippen molar-refractivity contribution >= 4 is 33.2 Å². The Bertz CT molecular complexity index is 459. The number of nitrogens with zero attached hydrogens (tertiary/aromatic N) is 1. The summed E-state index contributed by atoms with van der Waals surface area (Å²) in [6.45, 7) is 2.38. The fourth-order valence-electron chi connectivity index (χ4n) is 1.80. The molecule has 0 saturated carbocycles. The topological polar surface area (TPSA) is 12.5 Å². The lowest BCUT2D eigenvalue weighted by atomic mass is 10.2. The smallest absolute Gasteiger partial charge is 0.0860 e. The fourth-order valence-corrected chi connectivity index (χ4v) is 3.10. The highest BCUT2D eigenvalue weighted by Gasteiger charge is 2.25. The van der Waals surface area contributed by atoms with Crippen molar-refractivity contribution < 1.29 is 4.74 Å². The van der Waals surface area contributed by atoms with Crippen LogP contribution in [0.2, 0.25) is 0 Å². The maximum absolute atomic E-state index is 5.75. The van der Waals surface area contributed by atoms with Crippen molar-refractivity contribution in [1.82, 2.24) is 4.42 Å². The van der Waals surface area contributed by atoms with Gasteiger partial charge >= 0.3 is 0 Å². The Morgan fingerprint density at radius 1 is 1.38 bits per heavy atom. The first-order valence-corrected chi connectivity index (χ1v) is 6.46. The Morgan fingerprint density at radius 2 is 2.19 bits per heavy atom. The van der Waals surface area contributed by atoms with Crippen LogP contribution in [-0.4, -0.2) is 23.6 Å². The lowest BCUT2D eigenvalue weighted by Gasteiger charge is -2.32. The number of hydrogen-bond donors (Lipinski definition) is 0. The number of fused-ring (bicyclic) bond motifs is 1. The molecule has 0 bridgehead atoms. The van der Waals surface area contributed by atoms with Gasteiger partial charge in [-0.1, -0.05) is 18.2 Å². The van der Waals surface area contributed by atoms with Gasteiger partial charge in [-0.05, 0) is 29.3 Å². The van der Waals surface area contributed by atoms with Crippen molar-refractivity contribution in [1.29, 1.82) is 0 Å². The van der Waals surface area contributed by atoms with Crippen molar-refractivity contribution in [2.75, 3.05) is 13.1 Å². The zero-order chi connectivity index (χ0) is 11.0. The maximum atomic E-state index is 5.75. The molecule has 1 aliphatic heterocycles. The summed E-state index contributed by atoms with van der Waals surface area (Å²) in [6, 6.07) is 10.6. The Labute approximate surface area is 103 Å². The molecule has 0 spiro atoms. The Morgan fingerprint density at radius 3 is 2.94 bits per heavy atom. The second kappa shape index (κ2) is 4.34. The molecule has 0 amide bonds. The molecule has 1 saturated heterocycles. The van der Waals surface area contributed by atoms with Gasteiger partial charge in [0, 0.05) is 22.7 Å². The van der Waals surface area contributed by atoms with Crippen LogP contribution in [0.3, 0.4) is 0 Å². The number of halogens is 1. The van der Waals surface area contributed by atoms with E-state index in [1.54, 1.807) is 15.8 Å². The van der Waals surface area contributed by atoms with Gasteiger partial charge in [-0.3, -0.25) is 0 Å². The Kier molecular flexibility index (Phi) is 2.86. The van der Waals surface area contributed by atoms with E-state index >= 15 is 0 Å². The van der Waals surface area contributed by atoms with E-state index in [0.717, 1.165) is 13.1 Å². The lowest BCUT2D eigenvalue weighted by molar-refractivity contribution is -0.0279. The molecule has 1 aromatic carbocycles. The Balaban J connectivity index is 1.65. The summed E-state index contributed by atoms with van der Waals surface area (Å²) >= 11 is 7.55. The average Bonchev–Trinajstić information content (AvgIpc) is 2.65. The molecule has 0 radical (unpaired) electrons. The van der Waals surface area contributed by atoms with Crippen LogP contribution in [0, 0.1) is 0 Å². The molecule has 1 aromatic heterocycles. The van der Waals surface area contributed by atoms with Gasteiger partial charge in [-0.2, -0.15) is 0 Å². The molecule has 4 heteroatoms. The van der Waals surface area contributed by atoms with Crippen molar-refractivity contribution in [3.05, 3.63) is 35.2 Å². The van der Waals surface area contributed by atoms with Crippen LogP contribution in [0.4, 0.5) is 0 Å². The van der Waals surface area contributed by atoms with E-state index < -0.39 is 0 Å². The van der Waals surface area contributed by atoms with E-state index in [-0.39, 0.29) is 0 Å². The first kappa shape index (κ1) is 10.5. The van der Waals surface area contributed by atoms with Crippen LogP contribution in [0.25, 0.3) is 10.1 Å². The second-order valence-corrected chi connectivity index (χ2v) is 5.66. The molecule has 16 heavy (non-hydrogen) atoms. The van der Waals surface area contributed by atoms with Gasteiger partial charge in [-0.25, -0.2) is 4.42 Å². The van der Waals surface area contributed by atoms with Crippen molar-refractivity contribution in [2.24, 2.45) is 0 Å². The predicted molar refractivity (Wildman–Crippen MR) is 67.8 cm³/mol. The normalized spacial score (nSPS) is 17.8. The SMILES string of the molecule is ClN1CC(OCc2cc3ccccc3s2)C1. The van der Waals surface area contributed by atoms with Crippen LogP contribution in [0.15, 0.2) is 30.3 Å². The fraction of sp³-hybridized carbons (Fsp3) is 0.333. The third kappa shape index (κ3) is 2.09. The van der Waals surface area contributed by atoms with Gasteiger partial charge in [0.1, 0.15) is 0 Å². The molecule has 0 atom stereocenters. The van der Waals surface area contributed by atoms with E-state index in [9.17, 15) is 0 Å². The van der Waals surface area contributed by atoms with Crippen LogP contribution in [0.5, 0.6) is 0 Å². The highest BCUT2D eigenvalue weighted by molar-refractivity contribution is 7.19. The van der Waals surface area contributed by atoms with Gasteiger partial charge in [0.25, 0.3) is 0 Å². The number of ether oxygens (including phenoxy) is 1. The standard InChI is InChI=1S/C12H12ClNOS/c13-14-6-10(7-14)15-8-11-5-9-3-1-2-4-12(9)16-11/h1-5,10H,6-8H2. The van der Waals surface area contributed by atoms with Crippen LogP contribution < -0.4 is 0 Å². The summed E-state index contributed by atoms with van der Waals surface area (Å²) in [5.41, 5.74) is 0. The second-order valence-electron chi connectivity index (χ2n) is 4.01. The molecule has 0 aliphatic carbocycles. The molecule has 1 aliphatic rings. The molecular weight excluding hydrogens is 242 g/mol. The van der Waals surface area contributed by atoms with Gasteiger partial charge < -0.3 is 4.74 Å². The average molecular weight is 254 g/mol. The summed E-state index contributed by atoms with van der Waals surface area (Å²) in [5.74, 6) is 0. The summed E-state index contributed by atoms with van der Waals surface area (Å²) in [7, 11) is 0. The first-order chi connectivity index (χ1) is 7.81.